The van der Waals surface area contributed by atoms with Gasteiger partial charge in [0, 0.05) is 6.61 Å². The number of rotatable bonds is 4. The first-order valence-electron chi connectivity index (χ1n) is 5.83. The van der Waals surface area contributed by atoms with E-state index in [1.54, 1.807) is 7.11 Å². The van der Waals surface area contributed by atoms with Gasteiger partial charge in [0.1, 0.15) is 5.75 Å². The maximum atomic E-state index is 5.49. The normalized spacial score (nSPS) is 19.2. The van der Waals surface area contributed by atoms with Crippen molar-refractivity contribution in [2.45, 2.75) is 19.4 Å². The molecule has 0 saturated carbocycles. The predicted octanol–water partition coefficient (Wildman–Crippen LogP) is 1.92. The summed E-state index contributed by atoms with van der Waals surface area (Å²) in [5, 5.41) is 3.48. The molecule has 1 aliphatic heterocycles. The Balaban J connectivity index is 2.18. The van der Waals surface area contributed by atoms with Crippen molar-refractivity contribution in [1.29, 1.82) is 0 Å². The van der Waals surface area contributed by atoms with Crippen molar-refractivity contribution in [3.63, 3.8) is 0 Å². The van der Waals surface area contributed by atoms with Gasteiger partial charge in [0.25, 0.3) is 0 Å². The van der Waals surface area contributed by atoms with Gasteiger partial charge in [-0.3, -0.25) is 0 Å². The van der Waals surface area contributed by atoms with Gasteiger partial charge in [-0.2, -0.15) is 0 Å². The molecular formula is C13H19NO2. The predicted molar refractivity (Wildman–Crippen MR) is 63.9 cm³/mol. The van der Waals surface area contributed by atoms with Gasteiger partial charge in [0.05, 0.1) is 19.8 Å². The maximum absolute atomic E-state index is 5.49. The van der Waals surface area contributed by atoms with Crippen molar-refractivity contribution in [2.24, 2.45) is 0 Å². The molecule has 1 atom stereocenters. The molecule has 0 radical (unpaired) electrons. The van der Waals surface area contributed by atoms with E-state index in [-0.39, 0.29) is 0 Å². The molecule has 0 spiro atoms. The molecule has 1 aromatic rings. The first kappa shape index (κ1) is 11.4. The number of fused-ring (bicyclic) bond motifs is 1. The summed E-state index contributed by atoms with van der Waals surface area (Å²) in [6, 6.07) is 6.62. The van der Waals surface area contributed by atoms with Crippen LogP contribution in [0.2, 0.25) is 0 Å². The van der Waals surface area contributed by atoms with Gasteiger partial charge in [0.2, 0.25) is 0 Å². The van der Waals surface area contributed by atoms with E-state index >= 15 is 0 Å². The van der Waals surface area contributed by atoms with Gasteiger partial charge >= 0.3 is 0 Å². The van der Waals surface area contributed by atoms with E-state index in [4.69, 9.17) is 9.47 Å². The smallest absolute Gasteiger partial charge is 0.119 e. The molecule has 0 fully saturated rings. The van der Waals surface area contributed by atoms with Crippen LogP contribution in [-0.4, -0.2) is 26.9 Å². The van der Waals surface area contributed by atoms with E-state index in [0.717, 1.165) is 31.9 Å². The molecule has 0 aliphatic carbocycles. The largest absolute Gasteiger partial charge is 0.497 e. The van der Waals surface area contributed by atoms with Crippen LogP contribution in [0.4, 0.5) is 0 Å². The number of methoxy groups -OCH3 is 1. The van der Waals surface area contributed by atoms with E-state index in [1.807, 2.05) is 13.0 Å². The number of hydrogen-bond acceptors (Lipinski definition) is 3. The van der Waals surface area contributed by atoms with Crippen LogP contribution in [0, 0.1) is 0 Å². The number of ether oxygens (including phenoxy) is 2. The lowest BCUT2D eigenvalue weighted by atomic mass is 9.94. The maximum Gasteiger partial charge on any atom is 0.119 e. The van der Waals surface area contributed by atoms with Gasteiger partial charge in [-0.05, 0) is 43.1 Å². The lowest BCUT2D eigenvalue weighted by Crippen LogP contribution is -2.32. The molecule has 1 N–H and O–H groups in total. The average molecular weight is 221 g/mol. The highest BCUT2D eigenvalue weighted by molar-refractivity contribution is 5.39. The first-order chi connectivity index (χ1) is 7.85. The van der Waals surface area contributed by atoms with Crippen LogP contribution in [-0.2, 0) is 11.2 Å². The Labute approximate surface area is 96.8 Å². The molecule has 3 nitrogen and oxygen atoms in total. The molecule has 2 rings (SSSR count). The number of benzene rings is 1. The standard InChI is InChI=1S/C13H19NO2/c1-3-16-9-13-12-5-4-11(15-2)8-10(12)6-7-14-13/h4-5,8,13-14H,3,6-7,9H2,1-2H3. The van der Waals surface area contributed by atoms with Crippen LogP contribution in [0.5, 0.6) is 5.75 Å². The van der Waals surface area contributed by atoms with Crippen LogP contribution < -0.4 is 10.1 Å². The average Bonchev–Trinajstić information content (AvgIpc) is 2.35. The van der Waals surface area contributed by atoms with E-state index in [0.29, 0.717) is 6.04 Å². The zero-order valence-corrected chi connectivity index (χ0v) is 9.95. The van der Waals surface area contributed by atoms with E-state index in [2.05, 4.69) is 17.4 Å². The Kier molecular flexibility index (Phi) is 3.80. The van der Waals surface area contributed by atoms with Gasteiger partial charge in [0.15, 0.2) is 0 Å². The molecule has 1 heterocycles. The minimum absolute atomic E-state index is 0.328. The van der Waals surface area contributed by atoms with Gasteiger partial charge in [-0.25, -0.2) is 0 Å². The Morgan fingerprint density at radius 2 is 2.31 bits per heavy atom. The minimum atomic E-state index is 0.328. The van der Waals surface area contributed by atoms with E-state index < -0.39 is 0 Å². The zero-order chi connectivity index (χ0) is 11.4. The lowest BCUT2D eigenvalue weighted by molar-refractivity contribution is 0.121. The quantitative estimate of drug-likeness (QED) is 0.842. The molecule has 0 amide bonds. The summed E-state index contributed by atoms with van der Waals surface area (Å²) in [5.74, 6) is 0.941. The molecule has 0 saturated heterocycles. The van der Waals surface area contributed by atoms with Gasteiger partial charge in [-0.1, -0.05) is 6.07 Å². The SMILES string of the molecule is CCOCC1NCCc2cc(OC)ccc21. The second-order valence-electron chi connectivity index (χ2n) is 3.98. The van der Waals surface area contributed by atoms with Crippen molar-refractivity contribution in [2.75, 3.05) is 26.9 Å². The highest BCUT2D eigenvalue weighted by atomic mass is 16.5. The Hall–Kier alpha value is -1.06. The molecule has 88 valence electrons. The van der Waals surface area contributed by atoms with Gasteiger partial charge < -0.3 is 14.8 Å². The van der Waals surface area contributed by atoms with Crippen molar-refractivity contribution < 1.29 is 9.47 Å². The van der Waals surface area contributed by atoms with Crippen molar-refractivity contribution >= 4 is 0 Å². The van der Waals surface area contributed by atoms with Crippen molar-refractivity contribution in [1.82, 2.24) is 5.32 Å². The number of hydrogen-bond donors (Lipinski definition) is 1. The third-order valence-electron chi connectivity index (χ3n) is 3.00. The van der Waals surface area contributed by atoms with E-state index in [9.17, 15) is 0 Å². The number of nitrogens with one attached hydrogen (secondary N) is 1. The summed E-state index contributed by atoms with van der Waals surface area (Å²) in [7, 11) is 1.71. The molecule has 0 bridgehead atoms. The lowest BCUT2D eigenvalue weighted by Gasteiger charge is -2.27. The van der Waals surface area contributed by atoms with E-state index in [1.165, 1.54) is 11.1 Å². The molecular weight excluding hydrogens is 202 g/mol. The Morgan fingerprint density at radius 3 is 3.06 bits per heavy atom. The molecule has 0 aromatic heterocycles. The summed E-state index contributed by atoms with van der Waals surface area (Å²) in [6.07, 6.45) is 1.06. The molecule has 1 aromatic carbocycles. The third kappa shape index (κ3) is 2.36. The Bertz CT molecular complexity index is 352. The van der Waals surface area contributed by atoms with Crippen LogP contribution in [0.25, 0.3) is 0 Å². The summed E-state index contributed by atoms with van der Waals surface area (Å²) >= 11 is 0. The Morgan fingerprint density at radius 1 is 1.44 bits per heavy atom. The molecule has 1 aliphatic rings. The highest BCUT2D eigenvalue weighted by Gasteiger charge is 2.19. The highest BCUT2D eigenvalue weighted by Crippen LogP contribution is 2.26. The molecule has 16 heavy (non-hydrogen) atoms. The summed E-state index contributed by atoms with van der Waals surface area (Å²) in [6.45, 7) is 4.55. The fraction of sp³-hybridized carbons (Fsp3) is 0.538. The fourth-order valence-corrected chi connectivity index (χ4v) is 2.14. The second kappa shape index (κ2) is 5.32. The summed E-state index contributed by atoms with van der Waals surface area (Å²) in [5.41, 5.74) is 2.73. The van der Waals surface area contributed by atoms with Crippen LogP contribution in [0.1, 0.15) is 24.1 Å². The summed E-state index contributed by atoms with van der Waals surface area (Å²) in [4.78, 5) is 0. The fourth-order valence-electron chi connectivity index (χ4n) is 2.14. The third-order valence-corrected chi connectivity index (χ3v) is 3.00. The zero-order valence-electron chi connectivity index (χ0n) is 9.95. The van der Waals surface area contributed by atoms with Crippen molar-refractivity contribution in [3.8, 4) is 5.75 Å². The topological polar surface area (TPSA) is 30.5 Å². The summed E-state index contributed by atoms with van der Waals surface area (Å²) < 4.78 is 10.7. The van der Waals surface area contributed by atoms with Crippen LogP contribution >= 0.6 is 0 Å². The molecule has 1 unspecified atom stereocenters. The van der Waals surface area contributed by atoms with Crippen molar-refractivity contribution in [3.05, 3.63) is 29.3 Å². The van der Waals surface area contributed by atoms with Crippen LogP contribution in [0.15, 0.2) is 18.2 Å². The first-order valence-corrected chi connectivity index (χ1v) is 5.83. The molecule has 3 heteroatoms. The second-order valence-corrected chi connectivity index (χ2v) is 3.98. The monoisotopic (exact) mass is 221 g/mol. The van der Waals surface area contributed by atoms with Gasteiger partial charge in [-0.15, -0.1) is 0 Å². The van der Waals surface area contributed by atoms with Crippen LogP contribution in [0.3, 0.4) is 0 Å². The minimum Gasteiger partial charge on any atom is -0.497 e.